The van der Waals surface area contributed by atoms with Gasteiger partial charge in [-0.25, -0.2) is 0 Å². The van der Waals surface area contributed by atoms with Crippen molar-refractivity contribution in [3.8, 4) is 39.1 Å². The van der Waals surface area contributed by atoms with Gasteiger partial charge in [-0.1, -0.05) is 194 Å². The summed E-state index contributed by atoms with van der Waals surface area (Å²) in [5, 5.41) is 4.80. The van der Waals surface area contributed by atoms with Gasteiger partial charge in [-0.2, -0.15) is 0 Å². The monoisotopic (exact) mass is 882 g/mol. The van der Waals surface area contributed by atoms with E-state index in [0.717, 1.165) is 74.1 Å². The number of hydrogen-bond acceptors (Lipinski definition) is 2. The third-order valence-electron chi connectivity index (χ3n) is 13.9. The smallest absolute Gasteiger partial charge is 0.143 e. The predicted octanol–water partition coefficient (Wildman–Crippen LogP) is 18.4. The summed E-state index contributed by atoms with van der Waals surface area (Å²) in [5.74, 6) is 0. The number of allylic oxidation sites excluding steroid dienone is 4. The SMILES string of the molecule is C1=C(c2ccc(N(c3ccc(-c4cccc5c4oc4ccccc45)cc3)c3ccccc3-c3cccc(-c4ccccc4)c3)cc2)CCC=C1c1ccccc1-n1c2ccccc2c2ccccc21. The number of para-hydroxylation sites is 6. The van der Waals surface area contributed by atoms with E-state index in [0.29, 0.717) is 0 Å². The fourth-order valence-corrected chi connectivity index (χ4v) is 10.6. The molecule has 3 nitrogen and oxygen atoms in total. The normalized spacial score (nSPS) is 12.7. The molecule has 1 aliphatic rings. The molecule has 13 rings (SSSR count). The first-order valence-corrected chi connectivity index (χ1v) is 23.9. The molecule has 0 bridgehead atoms. The highest BCUT2D eigenvalue weighted by Gasteiger charge is 2.21. The van der Waals surface area contributed by atoms with Gasteiger partial charge < -0.3 is 13.9 Å². The Hall–Kier alpha value is -8.92. The van der Waals surface area contributed by atoms with Crippen molar-refractivity contribution >= 4 is 72.0 Å². The van der Waals surface area contributed by atoms with Crippen LogP contribution < -0.4 is 4.90 Å². The Morgan fingerprint density at radius 1 is 0.391 bits per heavy atom. The summed E-state index contributed by atoms with van der Waals surface area (Å²) in [6.07, 6.45) is 6.78. The molecule has 12 aromatic rings. The molecule has 3 heteroatoms. The first kappa shape index (κ1) is 40.4. The van der Waals surface area contributed by atoms with Crippen molar-refractivity contribution in [2.75, 3.05) is 4.90 Å². The summed E-state index contributed by atoms with van der Waals surface area (Å²) >= 11 is 0. The summed E-state index contributed by atoms with van der Waals surface area (Å²) in [5.41, 5.74) is 20.6. The Labute approximate surface area is 401 Å². The lowest BCUT2D eigenvalue weighted by atomic mass is 9.90. The number of anilines is 3. The second-order valence-electron chi connectivity index (χ2n) is 17.9. The van der Waals surface area contributed by atoms with Crippen LogP contribution in [-0.4, -0.2) is 4.57 Å². The van der Waals surface area contributed by atoms with Crippen LogP contribution in [-0.2, 0) is 0 Å². The molecule has 0 saturated carbocycles. The lowest BCUT2D eigenvalue weighted by molar-refractivity contribution is 0.670. The summed E-state index contributed by atoms with van der Waals surface area (Å²) in [6.45, 7) is 0. The third-order valence-corrected chi connectivity index (χ3v) is 13.9. The van der Waals surface area contributed by atoms with Crippen molar-refractivity contribution in [2.45, 2.75) is 12.8 Å². The lowest BCUT2D eigenvalue weighted by Gasteiger charge is -2.28. The summed E-state index contributed by atoms with van der Waals surface area (Å²) in [4.78, 5) is 2.41. The first-order valence-electron chi connectivity index (χ1n) is 23.9. The molecule has 0 saturated heterocycles. The molecule has 0 N–H and O–H groups in total. The topological polar surface area (TPSA) is 21.3 Å². The van der Waals surface area contributed by atoms with E-state index in [1.54, 1.807) is 0 Å². The van der Waals surface area contributed by atoms with Crippen LogP contribution in [0.25, 0.3) is 94.0 Å². The number of fused-ring (bicyclic) bond motifs is 6. The molecule has 0 unspecified atom stereocenters. The van der Waals surface area contributed by atoms with Crippen LogP contribution in [0.5, 0.6) is 0 Å². The van der Waals surface area contributed by atoms with E-state index in [1.165, 1.54) is 60.9 Å². The van der Waals surface area contributed by atoms with E-state index in [9.17, 15) is 0 Å². The predicted molar refractivity (Wildman–Crippen MR) is 291 cm³/mol. The van der Waals surface area contributed by atoms with E-state index in [-0.39, 0.29) is 0 Å². The fourth-order valence-electron chi connectivity index (χ4n) is 10.6. The minimum Gasteiger partial charge on any atom is -0.455 e. The molecule has 2 heterocycles. The van der Waals surface area contributed by atoms with E-state index in [1.807, 2.05) is 12.1 Å². The molecule has 0 amide bonds. The zero-order valence-electron chi connectivity index (χ0n) is 38.0. The Balaban J connectivity index is 0.894. The number of nitrogens with zero attached hydrogens (tertiary/aromatic N) is 2. The van der Waals surface area contributed by atoms with Gasteiger partial charge in [0.15, 0.2) is 0 Å². The molecular formula is C66H46N2O. The minimum atomic E-state index is 0.902. The van der Waals surface area contributed by atoms with Crippen LogP contribution in [0, 0.1) is 0 Å². The van der Waals surface area contributed by atoms with Crippen molar-refractivity contribution in [2.24, 2.45) is 0 Å². The third kappa shape index (κ3) is 7.15. The van der Waals surface area contributed by atoms with Gasteiger partial charge in [-0.05, 0) is 112 Å². The lowest BCUT2D eigenvalue weighted by Crippen LogP contribution is -2.11. The molecule has 0 aliphatic heterocycles. The molecule has 10 aromatic carbocycles. The molecule has 0 atom stereocenters. The van der Waals surface area contributed by atoms with Gasteiger partial charge in [0.05, 0.1) is 22.4 Å². The average molecular weight is 883 g/mol. The molecule has 2 aromatic heterocycles. The van der Waals surface area contributed by atoms with Gasteiger partial charge in [-0.3, -0.25) is 0 Å². The first-order chi connectivity index (χ1) is 34.2. The number of benzene rings is 10. The summed E-state index contributed by atoms with van der Waals surface area (Å²) in [6, 6.07) is 87.6. The van der Waals surface area contributed by atoms with E-state index in [2.05, 4.69) is 252 Å². The van der Waals surface area contributed by atoms with Crippen LogP contribution in [0.4, 0.5) is 17.1 Å². The number of aromatic nitrogens is 1. The average Bonchev–Trinajstić information content (AvgIpc) is 3.98. The molecule has 0 fully saturated rings. The zero-order chi connectivity index (χ0) is 45.7. The Kier molecular flexibility index (Phi) is 9.98. The molecular weight excluding hydrogens is 837 g/mol. The highest BCUT2D eigenvalue weighted by molar-refractivity contribution is 6.11. The van der Waals surface area contributed by atoms with Crippen LogP contribution >= 0.6 is 0 Å². The number of rotatable bonds is 9. The highest BCUT2D eigenvalue weighted by atomic mass is 16.3. The Morgan fingerprint density at radius 3 is 1.72 bits per heavy atom. The van der Waals surface area contributed by atoms with Crippen LogP contribution in [0.15, 0.2) is 259 Å². The van der Waals surface area contributed by atoms with Gasteiger partial charge in [0.25, 0.3) is 0 Å². The molecule has 69 heavy (non-hydrogen) atoms. The van der Waals surface area contributed by atoms with Crippen LogP contribution in [0.3, 0.4) is 0 Å². The maximum absolute atomic E-state index is 6.49. The maximum atomic E-state index is 6.49. The largest absolute Gasteiger partial charge is 0.455 e. The summed E-state index contributed by atoms with van der Waals surface area (Å²) < 4.78 is 8.93. The van der Waals surface area contributed by atoms with Gasteiger partial charge in [0.2, 0.25) is 0 Å². The second-order valence-corrected chi connectivity index (χ2v) is 17.9. The van der Waals surface area contributed by atoms with Crippen molar-refractivity contribution in [3.05, 3.63) is 266 Å². The van der Waals surface area contributed by atoms with Crippen molar-refractivity contribution in [1.29, 1.82) is 0 Å². The number of furan rings is 1. The van der Waals surface area contributed by atoms with E-state index < -0.39 is 0 Å². The number of hydrogen-bond donors (Lipinski definition) is 0. The summed E-state index contributed by atoms with van der Waals surface area (Å²) in [7, 11) is 0. The molecule has 1 aliphatic carbocycles. The maximum Gasteiger partial charge on any atom is 0.143 e. The molecule has 326 valence electrons. The van der Waals surface area contributed by atoms with Crippen LogP contribution in [0.2, 0.25) is 0 Å². The van der Waals surface area contributed by atoms with Crippen molar-refractivity contribution in [3.63, 3.8) is 0 Å². The highest BCUT2D eigenvalue weighted by Crippen LogP contribution is 2.44. The van der Waals surface area contributed by atoms with Gasteiger partial charge in [0.1, 0.15) is 11.2 Å². The van der Waals surface area contributed by atoms with Crippen molar-refractivity contribution < 1.29 is 4.42 Å². The minimum absolute atomic E-state index is 0.902. The Bertz CT molecular complexity index is 3890. The van der Waals surface area contributed by atoms with Crippen LogP contribution in [0.1, 0.15) is 24.0 Å². The second kappa shape index (κ2) is 17.1. The van der Waals surface area contributed by atoms with Gasteiger partial charge in [-0.15, -0.1) is 0 Å². The zero-order valence-corrected chi connectivity index (χ0v) is 38.0. The molecule has 0 radical (unpaired) electrons. The van der Waals surface area contributed by atoms with Gasteiger partial charge >= 0.3 is 0 Å². The van der Waals surface area contributed by atoms with Crippen molar-refractivity contribution in [1.82, 2.24) is 4.57 Å². The molecule has 0 spiro atoms. The Morgan fingerprint density at radius 2 is 0.957 bits per heavy atom. The quantitative estimate of drug-likeness (QED) is 0.144. The van der Waals surface area contributed by atoms with Gasteiger partial charge in [0, 0.05) is 49.6 Å². The standard InChI is InChI=1S/C66H46N2O/c1-2-17-45(18-3-1)48-19-14-21-50(43-48)54-23-4-9-30-61(54)67(53-41-37-47(38-42-53)56-28-16-29-60-59-27-8-13-34-65(59)69-66(56)60)52-39-35-46(36-40-52)49-20-15-22-51(44-49)55-24-5-10-31-62(55)68-63-32-11-6-25-57(63)58-26-7-12-33-64(58)68/h1-14,16-19,21-44H,15,20H2. The van der Waals surface area contributed by atoms with E-state index >= 15 is 0 Å². The fraction of sp³-hybridized carbons (Fsp3) is 0.0303. The van der Waals surface area contributed by atoms with E-state index in [4.69, 9.17) is 4.42 Å².